The van der Waals surface area contributed by atoms with E-state index in [1.807, 2.05) is 13.8 Å². The van der Waals surface area contributed by atoms with E-state index in [2.05, 4.69) is 5.10 Å². The van der Waals surface area contributed by atoms with Gasteiger partial charge in [-0.25, -0.2) is 4.79 Å². The zero-order chi connectivity index (χ0) is 13.7. The van der Waals surface area contributed by atoms with E-state index in [9.17, 15) is 4.79 Å². The van der Waals surface area contributed by atoms with Crippen LogP contribution in [0.5, 0.6) is 0 Å². The van der Waals surface area contributed by atoms with Crippen molar-refractivity contribution in [2.24, 2.45) is 7.05 Å². The maximum absolute atomic E-state index is 12.0. The van der Waals surface area contributed by atoms with Crippen LogP contribution in [0.3, 0.4) is 0 Å². The fraction of sp³-hybridized carbons (Fsp3) is 0.667. The number of nitrogens with two attached hydrogens (primary N) is 1. The van der Waals surface area contributed by atoms with E-state index in [0.29, 0.717) is 36.5 Å². The van der Waals surface area contributed by atoms with Crippen LogP contribution in [0.25, 0.3) is 0 Å². The van der Waals surface area contributed by atoms with Crippen LogP contribution in [0, 0.1) is 0 Å². The smallest absolute Gasteiger partial charge is 0.359 e. The molecule has 18 heavy (non-hydrogen) atoms. The molecule has 2 N–H and O–H groups in total. The van der Waals surface area contributed by atoms with E-state index >= 15 is 0 Å². The minimum atomic E-state index is -0.439. The lowest BCUT2D eigenvalue weighted by atomic mass is 10.2. The molecule has 0 radical (unpaired) electrons. The van der Waals surface area contributed by atoms with E-state index in [1.165, 1.54) is 4.68 Å². The molecule has 1 unspecified atom stereocenters. The SMILES string of the molecule is CCc1nn(C)c(C(=O)OC(C)CCOC)c1N. The van der Waals surface area contributed by atoms with E-state index < -0.39 is 5.97 Å². The Kier molecular flexibility index (Phi) is 5.15. The number of aromatic nitrogens is 2. The number of carbonyl (C=O) groups is 1. The van der Waals surface area contributed by atoms with Crippen molar-refractivity contribution < 1.29 is 14.3 Å². The van der Waals surface area contributed by atoms with Crippen LogP contribution in [-0.4, -0.2) is 35.6 Å². The second-order valence-electron chi connectivity index (χ2n) is 4.18. The van der Waals surface area contributed by atoms with Gasteiger partial charge in [-0.15, -0.1) is 0 Å². The predicted molar refractivity (Wildman–Crippen MR) is 68.4 cm³/mol. The van der Waals surface area contributed by atoms with Crippen molar-refractivity contribution in [3.63, 3.8) is 0 Å². The van der Waals surface area contributed by atoms with Gasteiger partial charge in [0.2, 0.25) is 0 Å². The zero-order valence-electron chi connectivity index (χ0n) is 11.4. The molecular weight excluding hydrogens is 234 g/mol. The first-order valence-electron chi connectivity index (χ1n) is 6.02. The maximum Gasteiger partial charge on any atom is 0.359 e. The average molecular weight is 255 g/mol. The minimum Gasteiger partial charge on any atom is -0.458 e. The van der Waals surface area contributed by atoms with Crippen molar-refractivity contribution in [3.05, 3.63) is 11.4 Å². The molecule has 6 nitrogen and oxygen atoms in total. The van der Waals surface area contributed by atoms with E-state index in [4.69, 9.17) is 15.2 Å². The Labute approximate surface area is 107 Å². The first-order valence-corrected chi connectivity index (χ1v) is 6.02. The lowest BCUT2D eigenvalue weighted by Gasteiger charge is -2.12. The third kappa shape index (κ3) is 3.22. The monoisotopic (exact) mass is 255 g/mol. The molecule has 0 spiro atoms. The molecular formula is C12H21N3O3. The molecule has 0 saturated carbocycles. The highest BCUT2D eigenvalue weighted by Gasteiger charge is 2.22. The number of anilines is 1. The highest BCUT2D eigenvalue weighted by molar-refractivity contribution is 5.93. The lowest BCUT2D eigenvalue weighted by molar-refractivity contribution is 0.0256. The third-order valence-electron chi connectivity index (χ3n) is 2.73. The molecule has 0 aliphatic heterocycles. The number of carbonyl (C=O) groups excluding carboxylic acids is 1. The number of ether oxygens (including phenoxy) is 2. The highest BCUT2D eigenvalue weighted by atomic mass is 16.5. The largest absolute Gasteiger partial charge is 0.458 e. The summed E-state index contributed by atoms with van der Waals surface area (Å²) in [6.07, 6.45) is 1.13. The van der Waals surface area contributed by atoms with Gasteiger partial charge in [-0.3, -0.25) is 4.68 Å². The Morgan fingerprint density at radius 1 is 1.56 bits per heavy atom. The number of hydrogen-bond acceptors (Lipinski definition) is 5. The molecule has 1 heterocycles. The van der Waals surface area contributed by atoms with Crippen molar-refractivity contribution in [1.29, 1.82) is 0 Å². The van der Waals surface area contributed by atoms with Crippen molar-refractivity contribution >= 4 is 11.7 Å². The van der Waals surface area contributed by atoms with Crippen molar-refractivity contribution in [2.45, 2.75) is 32.8 Å². The standard InChI is InChI=1S/C12H21N3O3/c1-5-9-10(13)11(15(3)14-9)12(16)18-8(2)6-7-17-4/h8H,5-7,13H2,1-4H3. The van der Waals surface area contributed by atoms with Gasteiger partial charge in [0.25, 0.3) is 0 Å². The summed E-state index contributed by atoms with van der Waals surface area (Å²) in [7, 11) is 3.30. The Morgan fingerprint density at radius 3 is 2.72 bits per heavy atom. The summed E-state index contributed by atoms with van der Waals surface area (Å²) in [5.41, 5.74) is 7.32. The number of aryl methyl sites for hydroxylation is 2. The molecule has 0 amide bonds. The number of hydrogen-bond donors (Lipinski definition) is 1. The molecule has 0 aromatic carbocycles. The molecule has 102 valence electrons. The van der Waals surface area contributed by atoms with Gasteiger partial charge in [-0.05, 0) is 13.3 Å². The van der Waals surface area contributed by atoms with Gasteiger partial charge in [-0.1, -0.05) is 6.92 Å². The Bertz CT molecular complexity index is 415. The van der Waals surface area contributed by atoms with Gasteiger partial charge < -0.3 is 15.2 Å². The first kappa shape index (κ1) is 14.5. The summed E-state index contributed by atoms with van der Waals surface area (Å²) < 4.78 is 11.7. The quantitative estimate of drug-likeness (QED) is 0.771. The summed E-state index contributed by atoms with van der Waals surface area (Å²) in [6, 6.07) is 0. The molecule has 0 aliphatic carbocycles. The van der Waals surface area contributed by atoms with Crippen LogP contribution < -0.4 is 5.73 Å². The third-order valence-corrected chi connectivity index (χ3v) is 2.73. The molecule has 0 saturated heterocycles. The lowest BCUT2D eigenvalue weighted by Crippen LogP contribution is -2.19. The molecule has 1 rings (SSSR count). The summed E-state index contributed by atoms with van der Waals surface area (Å²) in [5.74, 6) is -0.439. The van der Waals surface area contributed by atoms with Gasteiger partial charge in [0.15, 0.2) is 5.69 Å². The summed E-state index contributed by atoms with van der Waals surface area (Å²) in [4.78, 5) is 12.0. The first-order chi connectivity index (χ1) is 8.51. The second kappa shape index (κ2) is 6.39. The predicted octanol–water partition coefficient (Wildman–Crippen LogP) is 1.15. The van der Waals surface area contributed by atoms with Crippen molar-refractivity contribution in [2.75, 3.05) is 19.5 Å². The van der Waals surface area contributed by atoms with Crippen LogP contribution in [0.4, 0.5) is 5.69 Å². The Balaban J connectivity index is 2.75. The molecule has 0 bridgehead atoms. The normalized spacial score (nSPS) is 12.4. The molecule has 6 heteroatoms. The van der Waals surface area contributed by atoms with Gasteiger partial charge in [0.1, 0.15) is 6.10 Å². The zero-order valence-corrected chi connectivity index (χ0v) is 11.4. The van der Waals surface area contributed by atoms with Crippen LogP contribution >= 0.6 is 0 Å². The number of esters is 1. The summed E-state index contributed by atoms with van der Waals surface area (Å²) in [5, 5.41) is 4.19. The van der Waals surface area contributed by atoms with Gasteiger partial charge in [-0.2, -0.15) is 5.10 Å². The van der Waals surface area contributed by atoms with Crippen LogP contribution in [-0.2, 0) is 22.9 Å². The van der Waals surface area contributed by atoms with Crippen LogP contribution in [0.15, 0.2) is 0 Å². The Hall–Kier alpha value is -1.56. The highest BCUT2D eigenvalue weighted by Crippen LogP contribution is 2.18. The van der Waals surface area contributed by atoms with Crippen LogP contribution in [0.1, 0.15) is 36.5 Å². The number of nitrogen functional groups attached to an aromatic ring is 1. The minimum absolute atomic E-state index is 0.211. The Morgan fingerprint density at radius 2 is 2.22 bits per heavy atom. The van der Waals surface area contributed by atoms with Gasteiger partial charge >= 0.3 is 5.97 Å². The van der Waals surface area contributed by atoms with E-state index in [1.54, 1.807) is 14.2 Å². The summed E-state index contributed by atoms with van der Waals surface area (Å²) in [6.45, 7) is 4.31. The molecule has 1 aromatic heterocycles. The van der Waals surface area contributed by atoms with Gasteiger partial charge in [0.05, 0.1) is 11.4 Å². The summed E-state index contributed by atoms with van der Waals surface area (Å²) >= 11 is 0. The van der Waals surface area contributed by atoms with E-state index in [0.717, 1.165) is 0 Å². The fourth-order valence-electron chi connectivity index (χ4n) is 1.68. The van der Waals surface area contributed by atoms with Crippen molar-refractivity contribution in [3.8, 4) is 0 Å². The van der Waals surface area contributed by atoms with Crippen LogP contribution in [0.2, 0.25) is 0 Å². The van der Waals surface area contributed by atoms with Crippen molar-refractivity contribution in [1.82, 2.24) is 9.78 Å². The topological polar surface area (TPSA) is 79.4 Å². The number of methoxy groups -OCH3 is 1. The second-order valence-corrected chi connectivity index (χ2v) is 4.18. The van der Waals surface area contributed by atoms with Gasteiger partial charge in [0, 0.05) is 27.2 Å². The van der Waals surface area contributed by atoms with E-state index in [-0.39, 0.29) is 6.10 Å². The molecule has 1 aromatic rings. The molecule has 0 aliphatic rings. The number of rotatable bonds is 6. The maximum atomic E-state index is 12.0. The number of nitrogens with zero attached hydrogens (tertiary/aromatic N) is 2. The fourth-order valence-corrected chi connectivity index (χ4v) is 1.68. The average Bonchev–Trinajstić information content (AvgIpc) is 2.61. The molecule has 1 atom stereocenters. The molecule has 0 fully saturated rings.